The highest BCUT2D eigenvalue weighted by molar-refractivity contribution is 5.92. The summed E-state index contributed by atoms with van der Waals surface area (Å²) >= 11 is 0. The lowest BCUT2D eigenvalue weighted by atomic mass is 9.65. The van der Waals surface area contributed by atoms with Crippen molar-refractivity contribution in [2.45, 2.75) is 59.9 Å². The Morgan fingerprint density at radius 3 is 2.54 bits per heavy atom. The number of amides is 2. The maximum absolute atomic E-state index is 12.9. The van der Waals surface area contributed by atoms with E-state index < -0.39 is 0 Å². The van der Waals surface area contributed by atoms with Crippen LogP contribution in [-0.2, 0) is 0 Å². The van der Waals surface area contributed by atoms with Crippen LogP contribution in [0.2, 0.25) is 0 Å². The van der Waals surface area contributed by atoms with Crippen molar-refractivity contribution in [3.05, 3.63) is 29.6 Å². The monoisotopic (exact) mass is 352 g/mol. The van der Waals surface area contributed by atoms with Crippen molar-refractivity contribution < 1.29 is 4.79 Å². The zero-order chi connectivity index (χ0) is 18.7. The molecule has 2 atom stereocenters. The second-order valence-corrected chi connectivity index (χ2v) is 9.37. The molecule has 1 aliphatic heterocycles. The standard InChI is InChI=1S/C21H28N4O/c1-13-14(2)23-18-8-15(6-7-17(18)22-13)24-19(26)25-12-21(5)10-16(25)9-20(3,4)11-21/h6-8,16H,9-12H2,1-5H3,(H,24,26)/t16-,21-/m0/s1. The van der Waals surface area contributed by atoms with Gasteiger partial charge in [-0.15, -0.1) is 0 Å². The van der Waals surface area contributed by atoms with Crippen LogP contribution < -0.4 is 5.32 Å². The first-order valence-electron chi connectivity index (χ1n) is 9.47. The van der Waals surface area contributed by atoms with E-state index in [0.29, 0.717) is 11.5 Å². The molecule has 5 heteroatoms. The van der Waals surface area contributed by atoms with Crippen molar-refractivity contribution in [2.75, 3.05) is 11.9 Å². The highest BCUT2D eigenvalue weighted by atomic mass is 16.2. The van der Waals surface area contributed by atoms with E-state index in [1.807, 2.05) is 36.9 Å². The molecule has 0 spiro atoms. The second kappa shape index (κ2) is 5.66. The number of carbonyl (C=O) groups is 1. The van der Waals surface area contributed by atoms with Crippen LogP contribution in [0.4, 0.5) is 10.5 Å². The number of hydrogen-bond donors (Lipinski definition) is 1. The SMILES string of the molecule is Cc1nc2ccc(NC(=O)N3C[C@@]4(C)C[C@@H]3CC(C)(C)C4)cc2nc1C. The Labute approximate surface area is 155 Å². The molecule has 2 bridgehead atoms. The summed E-state index contributed by atoms with van der Waals surface area (Å²) < 4.78 is 0. The van der Waals surface area contributed by atoms with Crippen molar-refractivity contribution in [3.63, 3.8) is 0 Å². The number of aryl methyl sites for hydroxylation is 2. The lowest BCUT2D eigenvalue weighted by Gasteiger charge is -2.39. The number of likely N-dealkylation sites (tertiary alicyclic amines) is 1. The molecule has 1 aliphatic carbocycles. The van der Waals surface area contributed by atoms with Gasteiger partial charge in [0.15, 0.2) is 0 Å². The number of aromatic nitrogens is 2. The van der Waals surface area contributed by atoms with Crippen molar-refractivity contribution >= 4 is 22.8 Å². The molecule has 5 nitrogen and oxygen atoms in total. The van der Waals surface area contributed by atoms with Crippen molar-refractivity contribution in [1.82, 2.24) is 14.9 Å². The van der Waals surface area contributed by atoms with Gasteiger partial charge in [0, 0.05) is 18.3 Å². The van der Waals surface area contributed by atoms with E-state index in [-0.39, 0.29) is 11.4 Å². The molecule has 138 valence electrons. The number of hydrogen-bond acceptors (Lipinski definition) is 3. The molecule has 26 heavy (non-hydrogen) atoms. The summed E-state index contributed by atoms with van der Waals surface area (Å²) in [5.41, 5.74) is 4.87. The fraction of sp³-hybridized carbons (Fsp3) is 0.571. The van der Waals surface area contributed by atoms with Gasteiger partial charge in [-0.1, -0.05) is 20.8 Å². The molecule has 4 rings (SSSR count). The minimum atomic E-state index is 0.00701. The van der Waals surface area contributed by atoms with E-state index in [1.165, 1.54) is 6.42 Å². The van der Waals surface area contributed by atoms with Crippen molar-refractivity contribution in [2.24, 2.45) is 10.8 Å². The first kappa shape index (κ1) is 17.3. The third-order valence-corrected chi connectivity index (χ3v) is 6.00. The molecule has 2 aliphatic rings. The van der Waals surface area contributed by atoms with E-state index in [0.717, 1.165) is 47.5 Å². The van der Waals surface area contributed by atoms with Crippen LogP contribution in [0.5, 0.6) is 0 Å². The Hall–Kier alpha value is -2.17. The van der Waals surface area contributed by atoms with Crippen LogP contribution in [0, 0.1) is 24.7 Å². The topological polar surface area (TPSA) is 58.1 Å². The number of nitrogens with zero attached hydrogens (tertiary/aromatic N) is 3. The van der Waals surface area contributed by atoms with E-state index in [2.05, 4.69) is 36.1 Å². The number of anilines is 1. The maximum Gasteiger partial charge on any atom is 0.322 e. The number of benzene rings is 1. The average Bonchev–Trinajstić information content (AvgIpc) is 2.78. The molecule has 2 fully saturated rings. The van der Waals surface area contributed by atoms with Gasteiger partial charge >= 0.3 is 6.03 Å². The molecular weight excluding hydrogens is 324 g/mol. The predicted octanol–water partition coefficient (Wildman–Crippen LogP) is 4.68. The zero-order valence-corrected chi connectivity index (χ0v) is 16.4. The molecule has 2 aromatic rings. The smallest absolute Gasteiger partial charge is 0.321 e. The highest BCUT2D eigenvalue weighted by Gasteiger charge is 2.51. The Morgan fingerprint density at radius 1 is 1.12 bits per heavy atom. The fourth-order valence-corrected chi connectivity index (χ4v) is 5.20. The Morgan fingerprint density at radius 2 is 1.81 bits per heavy atom. The van der Waals surface area contributed by atoms with Crippen LogP contribution in [-0.4, -0.2) is 33.5 Å². The predicted molar refractivity (Wildman–Crippen MR) is 104 cm³/mol. The Balaban J connectivity index is 1.55. The van der Waals surface area contributed by atoms with Gasteiger partial charge in [0.2, 0.25) is 0 Å². The lowest BCUT2D eigenvalue weighted by Crippen LogP contribution is -2.40. The third kappa shape index (κ3) is 3.04. The van der Waals surface area contributed by atoms with Crippen LogP contribution >= 0.6 is 0 Å². The molecule has 2 amide bonds. The summed E-state index contributed by atoms with van der Waals surface area (Å²) in [6.45, 7) is 11.7. The van der Waals surface area contributed by atoms with Crippen LogP contribution in [0.3, 0.4) is 0 Å². The molecule has 0 radical (unpaired) electrons. The molecule has 1 saturated heterocycles. The van der Waals surface area contributed by atoms with E-state index in [1.54, 1.807) is 0 Å². The first-order valence-corrected chi connectivity index (χ1v) is 9.47. The number of fused-ring (bicyclic) bond motifs is 3. The summed E-state index contributed by atoms with van der Waals surface area (Å²) in [4.78, 5) is 24.1. The molecule has 1 aromatic heterocycles. The summed E-state index contributed by atoms with van der Waals surface area (Å²) in [6.07, 6.45) is 3.38. The summed E-state index contributed by atoms with van der Waals surface area (Å²) in [5.74, 6) is 0. The highest BCUT2D eigenvalue weighted by Crippen LogP contribution is 2.52. The number of carbonyl (C=O) groups excluding carboxylic acids is 1. The third-order valence-electron chi connectivity index (χ3n) is 6.00. The summed E-state index contributed by atoms with van der Waals surface area (Å²) in [5, 5.41) is 3.09. The van der Waals surface area contributed by atoms with Gasteiger partial charge in [-0.05, 0) is 62.1 Å². The van der Waals surface area contributed by atoms with Gasteiger partial charge in [0.05, 0.1) is 22.4 Å². The maximum atomic E-state index is 12.9. The minimum absolute atomic E-state index is 0.00701. The van der Waals surface area contributed by atoms with Gasteiger partial charge < -0.3 is 10.2 Å². The van der Waals surface area contributed by atoms with Gasteiger partial charge in [-0.25, -0.2) is 14.8 Å². The molecule has 1 saturated carbocycles. The molecule has 1 aromatic carbocycles. The van der Waals surface area contributed by atoms with Crippen molar-refractivity contribution in [3.8, 4) is 0 Å². The van der Waals surface area contributed by atoms with Crippen LogP contribution in [0.1, 0.15) is 51.4 Å². The summed E-state index contributed by atoms with van der Waals surface area (Å²) in [6, 6.07) is 6.11. The fourth-order valence-electron chi connectivity index (χ4n) is 5.20. The minimum Gasteiger partial charge on any atom is -0.321 e. The first-order chi connectivity index (χ1) is 12.1. The van der Waals surface area contributed by atoms with Crippen LogP contribution in [0.25, 0.3) is 11.0 Å². The second-order valence-electron chi connectivity index (χ2n) is 9.37. The average molecular weight is 352 g/mol. The van der Waals surface area contributed by atoms with E-state index in [9.17, 15) is 4.79 Å². The Kier molecular flexibility index (Phi) is 3.76. The molecular formula is C21H28N4O. The normalized spacial score (nSPS) is 27.0. The number of nitrogens with one attached hydrogen (secondary N) is 1. The molecule has 0 unspecified atom stereocenters. The summed E-state index contributed by atoms with van der Waals surface area (Å²) in [7, 11) is 0. The molecule has 2 heterocycles. The van der Waals surface area contributed by atoms with Crippen LogP contribution in [0.15, 0.2) is 18.2 Å². The van der Waals surface area contributed by atoms with Gasteiger partial charge in [-0.2, -0.15) is 0 Å². The van der Waals surface area contributed by atoms with E-state index >= 15 is 0 Å². The number of rotatable bonds is 1. The largest absolute Gasteiger partial charge is 0.322 e. The molecule has 1 N–H and O–H groups in total. The lowest BCUT2D eigenvalue weighted by molar-refractivity contribution is 0.130. The van der Waals surface area contributed by atoms with Crippen molar-refractivity contribution in [1.29, 1.82) is 0 Å². The number of urea groups is 1. The van der Waals surface area contributed by atoms with Gasteiger partial charge in [-0.3, -0.25) is 0 Å². The van der Waals surface area contributed by atoms with Gasteiger partial charge in [0.1, 0.15) is 0 Å². The van der Waals surface area contributed by atoms with Gasteiger partial charge in [0.25, 0.3) is 0 Å². The quantitative estimate of drug-likeness (QED) is 0.811. The Bertz CT molecular complexity index is 891. The van der Waals surface area contributed by atoms with E-state index in [4.69, 9.17) is 0 Å². The zero-order valence-electron chi connectivity index (χ0n) is 16.4.